The highest BCUT2D eigenvalue weighted by molar-refractivity contribution is 6.09. The first-order chi connectivity index (χ1) is 20.8. The lowest BCUT2D eigenvalue weighted by Crippen LogP contribution is -2.06. The Morgan fingerprint density at radius 3 is 1.76 bits per heavy atom. The minimum absolute atomic E-state index is 0.581. The summed E-state index contributed by atoms with van der Waals surface area (Å²) < 4.78 is 8.24. The third-order valence-electron chi connectivity index (χ3n) is 8.05. The van der Waals surface area contributed by atoms with Crippen LogP contribution in [0.3, 0.4) is 0 Å². The maximum Gasteiger partial charge on any atom is 0.238 e. The maximum atomic E-state index is 6.10. The minimum Gasteiger partial charge on any atom is -0.456 e. The van der Waals surface area contributed by atoms with Crippen molar-refractivity contribution in [1.82, 2.24) is 19.5 Å². The number of nitrogens with zero attached hydrogens (tertiary/aromatic N) is 4. The van der Waals surface area contributed by atoms with Crippen LogP contribution in [-0.4, -0.2) is 19.5 Å². The molecule has 0 fully saturated rings. The van der Waals surface area contributed by atoms with Gasteiger partial charge in [-0.1, -0.05) is 91.0 Å². The fraction of sp³-hybridized carbons (Fsp3) is 0. The van der Waals surface area contributed by atoms with Gasteiger partial charge in [-0.2, -0.15) is 9.97 Å². The van der Waals surface area contributed by atoms with Crippen LogP contribution in [0.2, 0.25) is 0 Å². The molecule has 0 radical (unpaired) electrons. The summed E-state index contributed by atoms with van der Waals surface area (Å²) in [6, 6.07) is 45.8. The van der Waals surface area contributed by atoms with E-state index in [0.717, 1.165) is 60.3 Å². The molecule has 0 amide bonds. The first-order valence-electron chi connectivity index (χ1n) is 14.0. The molecular weight excluding hydrogens is 516 g/mol. The van der Waals surface area contributed by atoms with Gasteiger partial charge >= 0.3 is 0 Å². The molecular formula is C37H22N4O. The van der Waals surface area contributed by atoms with Crippen molar-refractivity contribution in [2.45, 2.75) is 0 Å². The van der Waals surface area contributed by atoms with Gasteiger partial charge in [0.1, 0.15) is 11.2 Å². The van der Waals surface area contributed by atoms with Crippen LogP contribution < -0.4 is 0 Å². The maximum absolute atomic E-state index is 6.10. The molecule has 0 N–H and O–H groups in total. The Morgan fingerprint density at radius 1 is 0.429 bits per heavy atom. The predicted octanol–water partition coefficient (Wildman–Crippen LogP) is 9.36. The summed E-state index contributed by atoms with van der Waals surface area (Å²) in [5.74, 6) is 1.81. The molecule has 6 aromatic carbocycles. The van der Waals surface area contributed by atoms with E-state index in [-0.39, 0.29) is 0 Å². The van der Waals surface area contributed by atoms with Gasteiger partial charge in [-0.05, 0) is 53.2 Å². The van der Waals surface area contributed by atoms with Crippen molar-refractivity contribution in [2.75, 3.05) is 0 Å². The molecule has 5 heteroatoms. The molecule has 0 aliphatic carbocycles. The van der Waals surface area contributed by atoms with Crippen LogP contribution >= 0.6 is 0 Å². The summed E-state index contributed by atoms with van der Waals surface area (Å²) in [5.41, 5.74) is 5.65. The van der Waals surface area contributed by atoms with Crippen molar-refractivity contribution in [3.8, 4) is 28.7 Å². The summed E-state index contributed by atoms with van der Waals surface area (Å²) in [5, 5.41) is 6.74. The first-order valence-corrected chi connectivity index (χ1v) is 14.0. The molecule has 0 spiro atoms. The molecule has 0 aliphatic heterocycles. The quantitative estimate of drug-likeness (QED) is 0.225. The van der Waals surface area contributed by atoms with E-state index < -0.39 is 0 Å². The van der Waals surface area contributed by atoms with E-state index >= 15 is 0 Å². The van der Waals surface area contributed by atoms with Gasteiger partial charge in [-0.3, -0.25) is 4.57 Å². The third-order valence-corrected chi connectivity index (χ3v) is 8.05. The molecule has 42 heavy (non-hydrogen) atoms. The van der Waals surface area contributed by atoms with Gasteiger partial charge in [0.25, 0.3) is 0 Å². The lowest BCUT2D eigenvalue weighted by Gasteiger charge is -2.11. The molecule has 0 aliphatic rings. The minimum atomic E-state index is 0.581. The number of rotatable bonds is 3. The average Bonchev–Trinajstić information content (AvgIpc) is 3.60. The molecule has 0 saturated heterocycles. The van der Waals surface area contributed by atoms with Gasteiger partial charge in [0.05, 0.1) is 11.0 Å². The molecule has 0 atom stereocenters. The van der Waals surface area contributed by atoms with E-state index in [9.17, 15) is 0 Å². The van der Waals surface area contributed by atoms with Crippen LogP contribution in [0.4, 0.5) is 0 Å². The van der Waals surface area contributed by atoms with Crippen molar-refractivity contribution in [2.24, 2.45) is 0 Å². The SMILES string of the molecule is c1ccc2cc(-c3nc(-c4ccc5oc6ccccc6c5c4)nc(-n4c5ccccc5c5ccccc54)n3)ccc2c1. The van der Waals surface area contributed by atoms with E-state index in [0.29, 0.717) is 17.6 Å². The lowest BCUT2D eigenvalue weighted by atomic mass is 10.1. The van der Waals surface area contributed by atoms with Crippen LogP contribution in [0.1, 0.15) is 0 Å². The normalized spacial score (nSPS) is 11.8. The number of furan rings is 1. The number of hydrogen-bond acceptors (Lipinski definition) is 4. The largest absolute Gasteiger partial charge is 0.456 e. The van der Waals surface area contributed by atoms with E-state index in [2.05, 4.69) is 108 Å². The van der Waals surface area contributed by atoms with Crippen LogP contribution in [0.25, 0.3) is 83.2 Å². The third kappa shape index (κ3) is 3.47. The zero-order valence-electron chi connectivity index (χ0n) is 22.4. The standard InChI is InChI=1S/C37H22N4O/c1-2-10-24-21-25(18-17-23(24)9-1)35-38-36(26-19-20-34-30(22-26)29-13-5-8-16-33(29)42-34)40-37(39-35)41-31-14-6-3-11-27(31)28-12-4-7-15-32(28)41/h1-22H. The number of para-hydroxylation sites is 3. The topological polar surface area (TPSA) is 56.7 Å². The summed E-state index contributed by atoms with van der Waals surface area (Å²) in [6.07, 6.45) is 0. The van der Waals surface area contributed by atoms with E-state index in [1.165, 1.54) is 5.39 Å². The molecule has 9 rings (SSSR count). The number of hydrogen-bond donors (Lipinski definition) is 0. The number of fused-ring (bicyclic) bond motifs is 7. The Kier molecular flexibility index (Phi) is 4.83. The molecule has 0 unspecified atom stereocenters. The van der Waals surface area contributed by atoms with Crippen LogP contribution in [-0.2, 0) is 0 Å². The Bertz CT molecular complexity index is 2430. The second kappa shape index (κ2) is 8.85. The van der Waals surface area contributed by atoms with Crippen molar-refractivity contribution in [3.63, 3.8) is 0 Å². The van der Waals surface area contributed by atoms with Crippen molar-refractivity contribution < 1.29 is 4.42 Å². The predicted molar refractivity (Wildman–Crippen MR) is 170 cm³/mol. The van der Waals surface area contributed by atoms with Crippen LogP contribution in [0.15, 0.2) is 138 Å². The number of benzene rings is 6. The van der Waals surface area contributed by atoms with Crippen molar-refractivity contribution in [3.05, 3.63) is 133 Å². The second-order valence-electron chi connectivity index (χ2n) is 10.5. The zero-order chi connectivity index (χ0) is 27.6. The summed E-state index contributed by atoms with van der Waals surface area (Å²) >= 11 is 0. The molecule has 3 aromatic heterocycles. The van der Waals surface area contributed by atoms with Crippen molar-refractivity contribution >= 4 is 54.5 Å². The average molecular weight is 539 g/mol. The van der Waals surface area contributed by atoms with Gasteiger partial charge < -0.3 is 4.42 Å². The van der Waals surface area contributed by atoms with E-state index in [4.69, 9.17) is 19.4 Å². The van der Waals surface area contributed by atoms with Gasteiger partial charge in [-0.25, -0.2) is 4.98 Å². The molecule has 9 aromatic rings. The Hall–Kier alpha value is -5.81. The van der Waals surface area contributed by atoms with Crippen LogP contribution in [0, 0.1) is 0 Å². The molecule has 5 nitrogen and oxygen atoms in total. The van der Waals surface area contributed by atoms with Gasteiger partial charge in [-0.15, -0.1) is 0 Å². The lowest BCUT2D eigenvalue weighted by molar-refractivity contribution is 0.669. The number of aromatic nitrogens is 4. The summed E-state index contributed by atoms with van der Waals surface area (Å²) in [4.78, 5) is 15.3. The molecule has 0 bridgehead atoms. The Labute approximate surface area is 240 Å². The van der Waals surface area contributed by atoms with E-state index in [1.54, 1.807) is 0 Å². The monoisotopic (exact) mass is 538 g/mol. The van der Waals surface area contributed by atoms with Gasteiger partial charge in [0.15, 0.2) is 11.6 Å². The fourth-order valence-electron chi connectivity index (χ4n) is 6.05. The Morgan fingerprint density at radius 2 is 1.00 bits per heavy atom. The van der Waals surface area contributed by atoms with Crippen molar-refractivity contribution in [1.29, 1.82) is 0 Å². The first kappa shape index (κ1) is 22.9. The second-order valence-corrected chi connectivity index (χ2v) is 10.5. The summed E-state index contributed by atoms with van der Waals surface area (Å²) in [7, 11) is 0. The smallest absolute Gasteiger partial charge is 0.238 e. The molecule has 0 saturated carbocycles. The highest BCUT2D eigenvalue weighted by Crippen LogP contribution is 2.34. The highest BCUT2D eigenvalue weighted by Gasteiger charge is 2.18. The zero-order valence-corrected chi connectivity index (χ0v) is 22.4. The van der Waals surface area contributed by atoms with Gasteiger partial charge in [0.2, 0.25) is 5.95 Å². The molecule has 3 heterocycles. The van der Waals surface area contributed by atoms with Gasteiger partial charge in [0, 0.05) is 32.7 Å². The molecule has 196 valence electrons. The fourth-order valence-corrected chi connectivity index (χ4v) is 6.05. The Balaban J connectivity index is 1.34. The highest BCUT2D eigenvalue weighted by atomic mass is 16.3. The van der Waals surface area contributed by atoms with Crippen LogP contribution in [0.5, 0.6) is 0 Å². The van der Waals surface area contributed by atoms with E-state index in [1.807, 2.05) is 30.3 Å². The summed E-state index contributed by atoms with van der Waals surface area (Å²) in [6.45, 7) is 0.